The van der Waals surface area contributed by atoms with Crippen LogP contribution in [-0.2, 0) is 26.3 Å². The summed E-state index contributed by atoms with van der Waals surface area (Å²) in [5.41, 5.74) is 6.52. The van der Waals surface area contributed by atoms with Crippen LogP contribution in [0.1, 0.15) is 64.4 Å². The number of nitrogens with one attached hydrogen (secondary N) is 1. The van der Waals surface area contributed by atoms with Crippen LogP contribution in [0.3, 0.4) is 0 Å². The summed E-state index contributed by atoms with van der Waals surface area (Å²) in [6.45, 7) is 20.5. The monoisotopic (exact) mass is 606 g/mol. The van der Waals surface area contributed by atoms with Crippen molar-refractivity contribution in [3.63, 3.8) is 0 Å². The zero-order valence-corrected chi connectivity index (χ0v) is 24.9. The first-order valence-corrected chi connectivity index (χ1v) is 22.3. The molecule has 0 aromatic heterocycles. The molecule has 1 aliphatic rings. The predicted octanol–water partition coefficient (Wildman–Crippen LogP) is -0.501. The van der Waals surface area contributed by atoms with Crippen LogP contribution < -0.4 is 28.1 Å². The van der Waals surface area contributed by atoms with Gasteiger partial charge in [-0.05, 0) is 0 Å². The summed E-state index contributed by atoms with van der Waals surface area (Å²) in [5.74, 6) is -0.230. The van der Waals surface area contributed by atoms with Gasteiger partial charge in [0, 0.05) is 0 Å². The standard InChI is InChI=1S/C11H15NO.C9H13.C2H7Si.2ClH.Hf/c1-11(2,3)9-6-4-5-8(7-9)10(12)13;1-6-5-7(2)9(4)8(6)3;1-3-2;;;/h4-7H,1-3H3,(H2,12,13);6H,1-4H3;3H,1-2H3;2*1H;/q;;;;;+3/p-3. The molecule has 1 aromatic carbocycles. The number of carbonyl (C=O) groups excluding carboxylic acids is 1. The Morgan fingerprint density at radius 3 is 2.07 bits per heavy atom. The molecule has 2 rings (SSSR count). The largest absolute Gasteiger partial charge is 1.00 e. The van der Waals surface area contributed by atoms with Gasteiger partial charge in [-0.2, -0.15) is 0 Å². The van der Waals surface area contributed by atoms with Crippen LogP contribution in [0.2, 0.25) is 13.1 Å². The number of benzene rings is 1. The SMILES string of the molecule is CC1=C(C)C(C)[C]([Hf+2]([NH]C(=O)c2cccc(C(C)(C)C)c2)[SiH](C)C)=C1C.[Cl-].[Cl-]. The topological polar surface area (TPSA) is 29.1 Å². The summed E-state index contributed by atoms with van der Waals surface area (Å²) < 4.78 is 5.25. The second kappa shape index (κ2) is 10.7. The molecule has 1 amide bonds. The Labute approximate surface area is 193 Å². The van der Waals surface area contributed by atoms with E-state index in [1.54, 1.807) is 3.33 Å². The summed E-state index contributed by atoms with van der Waals surface area (Å²) in [4.78, 5) is 13.1. The summed E-state index contributed by atoms with van der Waals surface area (Å²) >= 11 is -2.34. The van der Waals surface area contributed by atoms with Crippen molar-refractivity contribution in [1.29, 1.82) is 0 Å². The Balaban J connectivity index is 0.00000364. The van der Waals surface area contributed by atoms with Gasteiger partial charge < -0.3 is 24.8 Å². The molecular formula is C22H34Cl2HfNOSi. The molecule has 0 aliphatic heterocycles. The molecule has 0 radical (unpaired) electrons. The van der Waals surface area contributed by atoms with Crippen molar-refractivity contribution in [2.45, 2.75) is 67.0 Å². The molecule has 155 valence electrons. The first-order chi connectivity index (χ1) is 11.9. The van der Waals surface area contributed by atoms with E-state index in [9.17, 15) is 4.79 Å². The zero-order valence-electron chi connectivity index (χ0n) is 18.6. The van der Waals surface area contributed by atoms with Crippen molar-refractivity contribution in [3.05, 3.63) is 55.4 Å². The maximum absolute atomic E-state index is 13.1. The predicted molar refractivity (Wildman–Crippen MR) is 112 cm³/mol. The molecule has 28 heavy (non-hydrogen) atoms. The summed E-state index contributed by atoms with van der Waals surface area (Å²) in [6.07, 6.45) is 0. The number of hydrogen-bond donors (Lipinski definition) is 1. The molecular weight excluding hydrogens is 572 g/mol. The number of hydrogen-bond acceptors (Lipinski definition) is 1. The second-order valence-electron chi connectivity index (χ2n) is 8.92. The van der Waals surface area contributed by atoms with Crippen molar-refractivity contribution in [2.75, 3.05) is 0 Å². The molecule has 1 N–H and O–H groups in total. The summed E-state index contributed by atoms with van der Waals surface area (Å²) in [6, 6.07) is 8.18. The molecule has 1 atom stereocenters. The summed E-state index contributed by atoms with van der Waals surface area (Å²) in [5, 5.41) is 0. The number of halogens is 2. The smallest absolute Gasteiger partial charge is 1.00 e. The fourth-order valence-corrected chi connectivity index (χ4v) is 25.7. The van der Waals surface area contributed by atoms with E-state index in [1.807, 2.05) is 12.1 Å². The number of rotatable bonds is 4. The van der Waals surface area contributed by atoms with Crippen molar-refractivity contribution < 1.29 is 50.5 Å². The average Bonchev–Trinajstić information content (AvgIpc) is 2.75. The van der Waals surface area contributed by atoms with E-state index >= 15 is 0 Å². The van der Waals surface area contributed by atoms with E-state index < -0.39 is 26.9 Å². The molecule has 1 aliphatic carbocycles. The van der Waals surface area contributed by atoms with Gasteiger partial charge in [0.15, 0.2) is 0 Å². The van der Waals surface area contributed by atoms with E-state index in [0.717, 1.165) is 5.56 Å². The van der Waals surface area contributed by atoms with Crippen LogP contribution in [0, 0.1) is 5.92 Å². The van der Waals surface area contributed by atoms with Gasteiger partial charge in [0.1, 0.15) is 0 Å². The molecule has 1 unspecified atom stereocenters. The molecule has 0 heterocycles. The van der Waals surface area contributed by atoms with Gasteiger partial charge in [-0.3, -0.25) is 0 Å². The van der Waals surface area contributed by atoms with E-state index in [1.165, 1.54) is 22.3 Å². The minimum atomic E-state index is -2.34. The molecule has 0 saturated heterocycles. The third-order valence-electron chi connectivity index (χ3n) is 5.75. The van der Waals surface area contributed by atoms with Crippen LogP contribution >= 0.6 is 0 Å². The van der Waals surface area contributed by atoms with Crippen LogP contribution in [0.15, 0.2) is 44.3 Å². The third-order valence-corrected chi connectivity index (χ3v) is 29.8. The van der Waals surface area contributed by atoms with Gasteiger partial charge in [-0.25, -0.2) is 0 Å². The minimum Gasteiger partial charge on any atom is -1.00 e. The van der Waals surface area contributed by atoms with Gasteiger partial charge in [0.05, 0.1) is 0 Å². The normalized spacial score (nSPS) is 16.7. The van der Waals surface area contributed by atoms with E-state index in [2.05, 4.69) is 77.0 Å². The molecule has 1 aromatic rings. The Morgan fingerprint density at radius 2 is 1.64 bits per heavy atom. The average molecular weight is 606 g/mol. The van der Waals surface area contributed by atoms with E-state index in [-0.39, 0.29) is 36.1 Å². The van der Waals surface area contributed by atoms with Gasteiger partial charge in [0.2, 0.25) is 0 Å². The number of amides is 1. The van der Waals surface area contributed by atoms with Crippen LogP contribution in [0.25, 0.3) is 0 Å². The molecule has 0 spiro atoms. The van der Waals surface area contributed by atoms with Gasteiger partial charge in [-0.1, -0.05) is 0 Å². The molecule has 0 bridgehead atoms. The third kappa shape index (κ3) is 5.93. The van der Waals surface area contributed by atoms with Crippen LogP contribution in [0.5, 0.6) is 0 Å². The first-order valence-electron chi connectivity index (χ1n) is 9.62. The van der Waals surface area contributed by atoms with Crippen LogP contribution in [-0.4, -0.2) is 11.9 Å². The second-order valence-corrected chi connectivity index (χ2v) is 34.2. The van der Waals surface area contributed by atoms with Crippen molar-refractivity contribution in [3.8, 4) is 0 Å². The Hall–Kier alpha value is -0.163. The minimum absolute atomic E-state index is 0. The van der Waals surface area contributed by atoms with Gasteiger partial charge in [-0.15, -0.1) is 0 Å². The quantitative estimate of drug-likeness (QED) is 0.461. The maximum Gasteiger partial charge on any atom is -1.00 e. The Morgan fingerprint density at radius 1 is 1.07 bits per heavy atom. The Bertz CT molecular complexity index is 781. The van der Waals surface area contributed by atoms with E-state index in [0.29, 0.717) is 5.92 Å². The summed E-state index contributed by atoms with van der Waals surface area (Å²) in [7, 11) is 0. The zero-order chi connectivity index (χ0) is 19.8. The van der Waals surface area contributed by atoms with Gasteiger partial charge >= 0.3 is 169 Å². The van der Waals surface area contributed by atoms with Crippen molar-refractivity contribution >= 4 is 11.9 Å². The molecule has 6 heteroatoms. The van der Waals surface area contributed by atoms with Crippen molar-refractivity contribution in [2.24, 2.45) is 5.92 Å². The molecule has 2 nitrogen and oxygen atoms in total. The molecule has 0 saturated carbocycles. The number of allylic oxidation sites excluding steroid dienone is 4. The maximum atomic E-state index is 13.1. The van der Waals surface area contributed by atoms with E-state index in [4.69, 9.17) is 0 Å². The van der Waals surface area contributed by atoms with Crippen LogP contribution in [0.4, 0.5) is 0 Å². The molecule has 0 fully saturated rings. The number of carbonyl (C=O) groups is 1. The fourth-order valence-electron chi connectivity index (χ4n) is 3.64. The van der Waals surface area contributed by atoms with Gasteiger partial charge in [0.25, 0.3) is 0 Å². The first kappa shape index (κ1) is 27.8. The fraction of sp³-hybridized carbons (Fsp3) is 0.500. The Kier molecular flexibility index (Phi) is 10.7. The van der Waals surface area contributed by atoms with Crippen molar-refractivity contribution in [1.82, 2.24) is 3.30 Å².